The fraction of sp³-hybridized carbons (Fsp3) is 0.438. The van der Waals surface area contributed by atoms with Crippen LogP contribution in [-0.4, -0.2) is 28.9 Å². The molecular weight excluding hydrogens is 286 g/mol. The van der Waals surface area contributed by atoms with E-state index < -0.39 is 18.0 Å². The molecule has 0 amide bonds. The molecule has 1 rings (SSSR count). The van der Waals surface area contributed by atoms with E-state index in [-0.39, 0.29) is 31.7 Å². The molecule has 0 fully saturated rings. The predicted octanol–water partition coefficient (Wildman–Crippen LogP) is 1.66. The third kappa shape index (κ3) is 7.54. The number of esters is 1. The highest BCUT2D eigenvalue weighted by Crippen LogP contribution is 2.06. The van der Waals surface area contributed by atoms with Crippen molar-refractivity contribution in [1.82, 2.24) is 0 Å². The predicted molar refractivity (Wildman–Crippen MR) is 79.9 cm³/mol. The second-order valence-corrected chi connectivity index (χ2v) is 5.04. The molecule has 3 N–H and O–H groups in total. The number of carbonyl (C=O) groups is 3. The molecule has 0 saturated carbocycles. The van der Waals surface area contributed by atoms with Crippen molar-refractivity contribution in [2.75, 3.05) is 0 Å². The summed E-state index contributed by atoms with van der Waals surface area (Å²) in [5, 5.41) is 8.48. The van der Waals surface area contributed by atoms with Gasteiger partial charge in [-0.25, -0.2) is 0 Å². The largest absolute Gasteiger partial charge is 0.481 e. The van der Waals surface area contributed by atoms with E-state index in [0.29, 0.717) is 12.8 Å². The Bertz CT molecular complexity index is 501. The number of carboxylic acid groups (broad SMARTS) is 1. The molecule has 1 aromatic carbocycles. The normalized spacial score (nSPS) is 11.7. The van der Waals surface area contributed by atoms with Crippen molar-refractivity contribution < 1.29 is 24.2 Å². The highest BCUT2D eigenvalue weighted by atomic mass is 16.5. The van der Waals surface area contributed by atoms with Crippen molar-refractivity contribution in [2.45, 2.75) is 44.8 Å². The maximum Gasteiger partial charge on any atom is 0.323 e. The molecule has 120 valence electrons. The number of carbonyl (C=O) groups excluding carboxylic acids is 2. The van der Waals surface area contributed by atoms with E-state index in [1.165, 1.54) is 0 Å². The van der Waals surface area contributed by atoms with E-state index in [0.717, 1.165) is 5.56 Å². The van der Waals surface area contributed by atoms with Crippen LogP contribution in [-0.2, 0) is 25.7 Å². The zero-order chi connectivity index (χ0) is 16.4. The van der Waals surface area contributed by atoms with Gasteiger partial charge in [0.05, 0.1) is 0 Å². The standard InChI is InChI=1S/C16H21NO5/c17-14(10-13(18)8-4-5-9-15(19)20)16(21)22-11-12-6-2-1-3-7-12/h1-3,6-7,14H,4-5,8-11,17H2,(H,19,20)/t14-/m0/s1. The summed E-state index contributed by atoms with van der Waals surface area (Å²) in [6.45, 7) is 0.125. The Morgan fingerprint density at radius 2 is 1.73 bits per heavy atom. The van der Waals surface area contributed by atoms with Gasteiger partial charge in [-0.2, -0.15) is 0 Å². The number of hydrogen-bond acceptors (Lipinski definition) is 5. The van der Waals surface area contributed by atoms with Gasteiger partial charge >= 0.3 is 11.9 Å². The van der Waals surface area contributed by atoms with Gasteiger partial charge in [-0.15, -0.1) is 0 Å². The van der Waals surface area contributed by atoms with Crippen LogP contribution in [0.15, 0.2) is 30.3 Å². The summed E-state index contributed by atoms with van der Waals surface area (Å²) in [5.74, 6) is -1.65. The molecule has 1 atom stereocenters. The number of carboxylic acids is 1. The number of benzene rings is 1. The summed E-state index contributed by atoms with van der Waals surface area (Å²) >= 11 is 0. The van der Waals surface area contributed by atoms with E-state index >= 15 is 0 Å². The smallest absolute Gasteiger partial charge is 0.323 e. The molecule has 1 aromatic rings. The molecule has 0 aliphatic carbocycles. The second-order valence-electron chi connectivity index (χ2n) is 5.04. The first-order valence-corrected chi connectivity index (χ1v) is 7.18. The summed E-state index contributed by atoms with van der Waals surface area (Å²) in [5.41, 5.74) is 6.50. The fourth-order valence-corrected chi connectivity index (χ4v) is 1.86. The van der Waals surface area contributed by atoms with Crippen molar-refractivity contribution in [2.24, 2.45) is 5.73 Å². The van der Waals surface area contributed by atoms with Crippen LogP contribution in [0.1, 0.15) is 37.7 Å². The van der Waals surface area contributed by atoms with Crippen molar-refractivity contribution >= 4 is 17.7 Å². The molecule has 6 nitrogen and oxygen atoms in total. The van der Waals surface area contributed by atoms with Crippen LogP contribution in [0.2, 0.25) is 0 Å². The van der Waals surface area contributed by atoms with Crippen molar-refractivity contribution in [3.05, 3.63) is 35.9 Å². The van der Waals surface area contributed by atoms with Gasteiger partial charge in [0, 0.05) is 19.3 Å². The van der Waals surface area contributed by atoms with Gasteiger partial charge in [0.15, 0.2) is 0 Å². The van der Waals surface area contributed by atoms with Crippen LogP contribution < -0.4 is 5.73 Å². The maximum absolute atomic E-state index is 11.7. The maximum atomic E-state index is 11.7. The Morgan fingerprint density at radius 3 is 2.36 bits per heavy atom. The van der Waals surface area contributed by atoms with E-state index in [1.54, 1.807) is 0 Å². The monoisotopic (exact) mass is 307 g/mol. The van der Waals surface area contributed by atoms with E-state index in [4.69, 9.17) is 15.6 Å². The zero-order valence-corrected chi connectivity index (χ0v) is 12.4. The highest BCUT2D eigenvalue weighted by Gasteiger charge is 2.18. The van der Waals surface area contributed by atoms with E-state index in [1.807, 2.05) is 30.3 Å². The van der Waals surface area contributed by atoms with Gasteiger partial charge in [-0.3, -0.25) is 14.4 Å². The minimum atomic E-state index is -0.976. The Labute approximate surface area is 129 Å². The molecule has 6 heteroatoms. The zero-order valence-electron chi connectivity index (χ0n) is 12.4. The fourth-order valence-electron chi connectivity index (χ4n) is 1.86. The number of nitrogens with two attached hydrogens (primary N) is 1. The SMILES string of the molecule is N[C@@H](CC(=O)CCCCC(=O)O)C(=O)OCc1ccccc1. The molecule has 0 aromatic heterocycles. The number of hydrogen-bond donors (Lipinski definition) is 2. The summed E-state index contributed by atoms with van der Waals surface area (Å²) in [6, 6.07) is 8.21. The molecular formula is C16H21NO5. The van der Waals surface area contributed by atoms with Crippen LogP contribution in [0.3, 0.4) is 0 Å². The minimum absolute atomic E-state index is 0.0401. The van der Waals surface area contributed by atoms with E-state index in [2.05, 4.69) is 0 Å². The topological polar surface area (TPSA) is 107 Å². The number of unbranched alkanes of at least 4 members (excludes halogenated alkanes) is 1. The lowest BCUT2D eigenvalue weighted by molar-refractivity contribution is -0.147. The Hall–Kier alpha value is -2.21. The molecule has 22 heavy (non-hydrogen) atoms. The van der Waals surface area contributed by atoms with Crippen LogP contribution in [0.25, 0.3) is 0 Å². The third-order valence-corrected chi connectivity index (χ3v) is 3.07. The Morgan fingerprint density at radius 1 is 1.09 bits per heavy atom. The average Bonchev–Trinajstić information content (AvgIpc) is 2.50. The van der Waals surface area contributed by atoms with Crippen LogP contribution in [0.5, 0.6) is 0 Å². The quantitative estimate of drug-likeness (QED) is 0.503. The van der Waals surface area contributed by atoms with Gasteiger partial charge in [0.25, 0.3) is 0 Å². The summed E-state index contributed by atoms with van der Waals surface area (Å²) < 4.78 is 5.05. The molecule has 0 spiro atoms. The first kappa shape index (κ1) is 17.8. The van der Waals surface area contributed by atoms with Crippen molar-refractivity contribution in [1.29, 1.82) is 0 Å². The van der Waals surface area contributed by atoms with Gasteiger partial charge in [-0.05, 0) is 18.4 Å². The average molecular weight is 307 g/mol. The molecule has 0 bridgehead atoms. The van der Waals surface area contributed by atoms with Crippen molar-refractivity contribution in [3.63, 3.8) is 0 Å². The molecule has 0 saturated heterocycles. The first-order valence-electron chi connectivity index (χ1n) is 7.18. The van der Waals surface area contributed by atoms with Gasteiger partial charge < -0.3 is 15.6 Å². The number of rotatable bonds is 10. The Kier molecular flexibility index (Phi) is 7.85. The number of ketones is 1. The van der Waals surface area contributed by atoms with Crippen LogP contribution in [0, 0.1) is 0 Å². The van der Waals surface area contributed by atoms with Crippen LogP contribution in [0.4, 0.5) is 0 Å². The Balaban J connectivity index is 2.22. The van der Waals surface area contributed by atoms with Gasteiger partial charge in [0.1, 0.15) is 18.4 Å². The number of aliphatic carboxylic acids is 1. The lowest BCUT2D eigenvalue weighted by Gasteiger charge is -2.11. The highest BCUT2D eigenvalue weighted by molar-refractivity contribution is 5.86. The number of ether oxygens (including phenoxy) is 1. The molecule has 0 heterocycles. The van der Waals surface area contributed by atoms with E-state index in [9.17, 15) is 14.4 Å². The first-order chi connectivity index (χ1) is 10.5. The lowest BCUT2D eigenvalue weighted by atomic mass is 10.1. The molecule has 0 radical (unpaired) electrons. The molecule has 0 unspecified atom stereocenters. The van der Waals surface area contributed by atoms with Crippen LogP contribution >= 0.6 is 0 Å². The van der Waals surface area contributed by atoms with Crippen molar-refractivity contribution in [3.8, 4) is 0 Å². The molecule has 0 aliphatic heterocycles. The number of Topliss-reactive ketones (excluding diaryl/α,β-unsaturated/α-hetero) is 1. The summed E-state index contributed by atoms with van der Waals surface area (Å²) in [4.78, 5) is 33.7. The lowest BCUT2D eigenvalue weighted by Crippen LogP contribution is -2.34. The van der Waals surface area contributed by atoms with Gasteiger partial charge in [0.2, 0.25) is 0 Å². The summed E-state index contributed by atoms with van der Waals surface area (Å²) in [7, 11) is 0. The molecule has 0 aliphatic rings. The minimum Gasteiger partial charge on any atom is -0.481 e. The van der Waals surface area contributed by atoms with Gasteiger partial charge in [-0.1, -0.05) is 30.3 Å². The summed E-state index contributed by atoms with van der Waals surface area (Å²) in [6.07, 6.45) is 1.11. The third-order valence-electron chi connectivity index (χ3n) is 3.07. The second kappa shape index (κ2) is 9.68.